The Bertz CT molecular complexity index is 827. The van der Waals surface area contributed by atoms with Crippen LogP contribution in [0.5, 0.6) is 0 Å². The Kier molecular flexibility index (Phi) is 4.68. The first-order chi connectivity index (χ1) is 11.1. The molecule has 7 heteroatoms. The lowest BCUT2D eigenvalue weighted by molar-refractivity contribution is -0.119. The third-order valence-corrected chi connectivity index (χ3v) is 5.72. The number of fused-ring (bicyclic) bond motifs is 1. The number of aryl methyl sites for hydroxylation is 2. The number of thiophene rings is 1. The normalized spacial score (nSPS) is 12.5. The minimum absolute atomic E-state index is 0.0460. The summed E-state index contributed by atoms with van der Waals surface area (Å²) in [5, 5.41) is 4.85. The smallest absolute Gasteiger partial charge is 0.230 e. The molecule has 3 heterocycles. The predicted octanol–water partition coefficient (Wildman–Crippen LogP) is 3.87. The van der Waals surface area contributed by atoms with Crippen LogP contribution >= 0.6 is 23.1 Å². The Balaban J connectivity index is 1.67. The number of aromatic nitrogens is 2. The number of rotatable bonds is 5. The minimum atomic E-state index is -0.145. The molecule has 23 heavy (non-hydrogen) atoms. The van der Waals surface area contributed by atoms with E-state index < -0.39 is 0 Å². The Morgan fingerprint density at radius 1 is 1.43 bits per heavy atom. The summed E-state index contributed by atoms with van der Waals surface area (Å²) in [5.74, 6) is 1.01. The number of thioether (sulfide) groups is 1. The summed E-state index contributed by atoms with van der Waals surface area (Å²) in [6.45, 7) is 6.05. The second-order valence-corrected chi connectivity index (χ2v) is 7.40. The topological polar surface area (TPSA) is 68.0 Å². The maximum absolute atomic E-state index is 12.1. The molecule has 0 bridgehead atoms. The van der Waals surface area contributed by atoms with Gasteiger partial charge >= 0.3 is 0 Å². The Morgan fingerprint density at radius 2 is 2.26 bits per heavy atom. The van der Waals surface area contributed by atoms with Crippen molar-refractivity contribution < 1.29 is 9.21 Å². The lowest BCUT2D eigenvalue weighted by atomic mass is 10.2. The molecule has 0 aliphatic rings. The Labute approximate surface area is 142 Å². The molecule has 0 spiro atoms. The molecule has 1 N–H and O–H groups in total. The number of hydrogen-bond donors (Lipinski definition) is 1. The second kappa shape index (κ2) is 6.72. The van der Waals surface area contributed by atoms with Gasteiger partial charge in [-0.05, 0) is 38.5 Å². The molecule has 3 rings (SSSR count). The van der Waals surface area contributed by atoms with Crippen molar-refractivity contribution in [2.24, 2.45) is 0 Å². The minimum Gasteiger partial charge on any atom is -0.467 e. The van der Waals surface area contributed by atoms with Crippen molar-refractivity contribution >= 4 is 39.2 Å². The number of furan rings is 1. The van der Waals surface area contributed by atoms with E-state index in [2.05, 4.69) is 29.1 Å². The van der Waals surface area contributed by atoms with Crippen molar-refractivity contribution in [3.63, 3.8) is 0 Å². The third kappa shape index (κ3) is 3.40. The highest BCUT2D eigenvalue weighted by molar-refractivity contribution is 8.00. The fourth-order valence-corrected chi connectivity index (χ4v) is 4.21. The molecular formula is C16H17N3O2S2. The van der Waals surface area contributed by atoms with Crippen LogP contribution in [0.3, 0.4) is 0 Å². The first-order valence-electron chi connectivity index (χ1n) is 7.22. The van der Waals surface area contributed by atoms with Crippen LogP contribution in [-0.4, -0.2) is 21.6 Å². The molecule has 1 atom stereocenters. The molecule has 0 radical (unpaired) electrons. The summed E-state index contributed by atoms with van der Waals surface area (Å²) in [6.07, 6.45) is 3.16. The van der Waals surface area contributed by atoms with E-state index in [9.17, 15) is 4.79 Å². The van der Waals surface area contributed by atoms with E-state index in [4.69, 9.17) is 4.42 Å². The van der Waals surface area contributed by atoms with Gasteiger partial charge in [0, 0.05) is 10.3 Å². The molecule has 1 amide bonds. The van der Waals surface area contributed by atoms with E-state index in [0.717, 1.165) is 21.0 Å². The average Bonchev–Trinajstić information content (AvgIpc) is 3.15. The van der Waals surface area contributed by atoms with Crippen molar-refractivity contribution in [2.75, 3.05) is 5.75 Å². The molecule has 3 aromatic heterocycles. The molecule has 0 saturated carbocycles. The molecule has 5 nitrogen and oxygen atoms in total. The lowest BCUT2D eigenvalue weighted by Crippen LogP contribution is -2.27. The van der Waals surface area contributed by atoms with Gasteiger partial charge in [-0.3, -0.25) is 4.79 Å². The molecule has 0 unspecified atom stereocenters. The molecule has 0 aliphatic heterocycles. The first kappa shape index (κ1) is 16.0. The second-order valence-electron chi connectivity index (χ2n) is 5.24. The zero-order valence-electron chi connectivity index (χ0n) is 13.1. The fourth-order valence-electron chi connectivity index (χ4n) is 2.29. The van der Waals surface area contributed by atoms with Crippen LogP contribution in [0.2, 0.25) is 0 Å². The quantitative estimate of drug-likeness (QED) is 0.560. The largest absolute Gasteiger partial charge is 0.467 e. The van der Waals surface area contributed by atoms with E-state index in [1.807, 2.05) is 19.1 Å². The molecule has 120 valence electrons. The third-order valence-electron chi connectivity index (χ3n) is 3.62. The standard InChI is InChI=1S/C16H17N3O2S2/c1-9-11(3)23-16-14(9)15(17-8-18-16)22-7-13(20)19-10(2)12-5-4-6-21-12/h4-6,8,10H,7H2,1-3H3,(H,19,20)/t10-/m0/s1. The summed E-state index contributed by atoms with van der Waals surface area (Å²) < 4.78 is 5.29. The van der Waals surface area contributed by atoms with Crippen LogP contribution in [0, 0.1) is 13.8 Å². The maximum Gasteiger partial charge on any atom is 0.230 e. The van der Waals surface area contributed by atoms with Gasteiger partial charge in [-0.1, -0.05) is 11.8 Å². The van der Waals surface area contributed by atoms with Gasteiger partial charge in [0.1, 0.15) is 21.9 Å². The zero-order valence-corrected chi connectivity index (χ0v) is 14.8. The number of carbonyl (C=O) groups is 1. The lowest BCUT2D eigenvalue weighted by Gasteiger charge is -2.11. The van der Waals surface area contributed by atoms with Crippen LogP contribution < -0.4 is 5.32 Å². The summed E-state index contributed by atoms with van der Waals surface area (Å²) in [6, 6.07) is 3.52. The number of nitrogens with one attached hydrogen (secondary N) is 1. The molecule has 3 aromatic rings. The SMILES string of the molecule is Cc1sc2ncnc(SCC(=O)N[C@@H](C)c3ccco3)c2c1C. The van der Waals surface area contributed by atoms with Gasteiger partial charge in [0.2, 0.25) is 5.91 Å². The van der Waals surface area contributed by atoms with E-state index in [0.29, 0.717) is 5.75 Å². The summed E-state index contributed by atoms with van der Waals surface area (Å²) in [4.78, 5) is 23.0. The van der Waals surface area contributed by atoms with Crippen molar-refractivity contribution in [1.29, 1.82) is 0 Å². The number of nitrogens with zero attached hydrogens (tertiary/aromatic N) is 2. The van der Waals surface area contributed by atoms with Crippen molar-refractivity contribution in [1.82, 2.24) is 15.3 Å². The van der Waals surface area contributed by atoms with Gasteiger partial charge < -0.3 is 9.73 Å². The van der Waals surface area contributed by atoms with E-state index in [-0.39, 0.29) is 11.9 Å². The van der Waals surface area contributed by atoms with Gasteiger partial charge in [-0.2, -0.15) is 0 Å². The molecule has 0 fully saturated rings. The highest BCUT2D eigenvalue weighted by atomic mass is 32.2. The van der Waals surface area contributed by atoms with Gasteiger partial charge in [-0.25, -0.2) is 9.97 Å². The van der Waals surface area contributed by atoms with E-state index in [1.165, 1.54) is 22.2 Å². The summed E-state index contributed by atoms with van der Waals surface area (Å²) in [7, 11) is 0. The summed E-state index contributed by atoms with van der Waals surface area (Å²) in [5.41, 5.74) is 1.19. The molecule has 0 aromatic carbocycles. The van der Waals surface area contributed by atoms with Gasteiger partial charge in [-0.15, -0.1) is 11.3 Å². The van der Waals surface area contributed by atoms with Crippen LogP contribution in [0.15, 0.2) is 34.2 Å². The van der Waals surface area contributed by atoms with E-state index >= 15 is 0 Å². The summed E-state index contributed by atoms with van der Waals surface area (Å²) >= 11 is 3.10. The van der Waals surface area contributed by atoms with Crippen LogP contribution in [-0.2, 0) is 4.79 Å². The monoisotopic (exact) mass is 347 g/mol. The maximum atomic E-state index is 12.1. The molecule has 0 aliphatic carbocycles. The number of hydrogen-bond acceptors (Lipinski definition) is 6. The van der Waals surface area contributed by atoms with Crippen LogP contribution in [0.25, 0.3) is 10.2 Å². The number of carbonyl (C=O) groups excluding carboxylic acids is 1. The number of amides is 1. The Hall–Kier alpha value is -1.86. The predicted molar refractivity (Wildman–Crippen MR) is 92.9 cm³/mol. The molecule has 0 saturated heterocycles. The highest BCUT2D eigenvalue weighted by Crippen LogP contribution is 2.34. The van der Waals surface area contributed by atoms with Crippen LogP contribution in [0.4, 0.5) is 0 Å². The Morgan fingerprint density at radius 3 is 3.00 bits per heavy atom. The average molecular weight is 347 g/mol. The highest BCUT2D eigenvalue weighted by Gasteiger charge is 2.15. The van der Waals surface area contributed by atoms with E-state index in [1.54, 1.807) is 23.9 Å². The van der Waals surface area contributed by atoms with Gasteiger partial charge in [0.25, 0.3) is 0 Å². The van der Waals surface area contributed by atoms with Crippen LogP contribution in [0.1, 0.15) is 29.2 Å². The van der Waals surface area contributed by atoms with Crippen molar-refractivity contribution in [3.05, 3.63) is 40.9 Å². The van der Waals surface area contributed by atoms with Crippen molar-refractivity contribution in [3.8, 4) is 0 Å². The zero-order chi connectivity index (χ0) is 16.4. The molecular weight excluding hydrogens is 330 g/mol. The first-order valence-corrected chi connectivity index (χ1v) is 9.02. The van der Waals surface area contributed by atoms with Gasteiger partial charge in [0.15, 0.2) is 0 Å². The van der Waals surface area contributed by atoms with Crippen molar-refractivity contribution in [2.45, 2.75) is 31.8 Å². The van der Waals surface area contributed by atoms with Gasteiger partial charge in [0.05, 0.1) is 18.1 Å². The fraction of sp³-hybridized carbons (Fsp3) is 0.312.